The van der Waals surface area contributed by atoms with Gasteiger partial charge in [0, 0.05) is 12.5 Å². The van der Waals surface area contributed by atoms with E-state index in [1.54, 1.807) is 0 Å². The predicted octanol–water partition coefficient (Wildman–Crippen LogP) is 3.58. The number of benzene rings is 2. The van der Waals surface area contributed by atoms with Crippen molar-refractivity contribution in [3.63, 3.8) is 0 Å². The first kappa shape index (κ1) is 18.0. The Kier molecular flexibility index (Phi) is 4.58. The summed E-state index contributed by atoms with van der Waals surface area (Å²) >= 11 is 0. The second kappa shape index (κ2) is 6.63. The van der Waals surface area contributed by atoms with Crippen LogP contribution >= 0.6 is 0 Å². The number of hydrogen-bond acceptors (Lipinski definition) is 2. The monoisotopic (exact) mass is 366 g/mol. The highest BCUT2D eigenvalue weighted by Crippen LogP contribution is 2.57. The van der Waals surface area contributed by atoms with E-state index in [0.717, 1.165) is 12.3 Å². The molecule has 2 saturated carbocycles. The first-order valence-electron chi connectivity index (χ1n) is 9.87. The summed E-state index contributed by atoms with van der Waals surface area (Å²) in [6.45, 7) is 7.22. The standard InChI is InChI=1S/C23H30O2Si/c1-23(2,3)26(19-10-6-4-7-11-19,20-12-8-5-9-13-20)25-22-18(16-24)14-17-15-21(17)22/h4-13,17-18,21-22,24H,14-16H2,1-3H3/t17?,18-,21?,22+/m0/s1. The number of aliphatic hydroxyl groups excluding tert-OH is 1. The van der Waals surface area contributed by atoms with Crippen LogP contribution in [0.1, 0.15) is 33.6 Å². The summed E-state index contributed by atoms with van der Waals surface area (Å²) in [5.74, 6) is 1.71. The van der Waals surface area contributed by atoms with Crippen molar-refractivity contribution >= 4 is 18.7 Å². The molecule has 0 bridgehead atoms. The molecule has 1 N–H and O–H groups in total. The van der Waals surface area contributed by atoms with Gasteiger partial charge in [-0.3, -0.25) is 0 Å². The molecule has 0 amide bonds. The maximum atomic E-state index is 9.95. The molecule has 0 spiro atoms. The zero-order valence-electron chi connectivity index (χ0n) is 16.1. The molecule has 0 aromatic heterocycles. The number of rotatable bonds is 5. The van der Waals surface area contributed by atoms with Gasteiger partial charge in [0.2, 0.25) is 0 Å². The number of aliphatic hydroxyl groups is 1. The molecule has 2 aliphatic carbocycles. The van der Waals surface area contributed by atoms with Crippen molar-refractivity contribution in [2.45, 2.75) is 44.8 Å². The third-order valence-electron chi connectivity index (χ3n) is 6.43. The van der Waals surface area contributed by atoms with Crippen LogP contribution in [0.3, 0.4) is 0 Å². The minimum Gasteiger partial charge on any atom is -0.404 e. The van der Waals surface area contributed by atoms with Crippen LogP contribution in [-0.2, 0) is 4.43 Å². The Morgan fingerprint density at radius 2 is 1.46 bits per heavy atom. The molecule has 2 aliphatic rings. The molecule has 2 aromatic rings. The van der Waals surface area contributed by atoms with E-state index in [1.165, 1.54) is 16.8 Å². The highest BCUT2D eigenvalue weighted by molar-refractivity contribution is 6.99. The van der Waals surface area contributed by atoms with Gasteiger partial charge in [0.05, 0.1) is 6.10 Å². The largest absolute Gasteiger partial charge is 0.404 e. The summed E-state index contributed by atoms with van der Waals surface area (Å²) in [5.41, 5.74) is 0. The van der Waals surface area contributed by atoms with E-state index in [2.05, 4.69) is 81.4 Å². The summed E-state index contributed by atoms with van der Waals surface area (Å²) < 4.78 is 7.27. The molecule has 2 fully saturated rings. The van der Waals surface area contributed by atoms with Crippen molar-refractivity contribution in [1.82, 2.24) is 0 Å². The molecule has 0 heterocycles. The molecule has 4 atom stereocenters. The highest BCUT2D eigenvalue weighted by Gasteiger charge is 2.59. The normalized spacial score (nSPS) is 28.0. The van der Waals surface area contributed by atoms with E-state index in [9.17, 15) is 5.11 Å². The average Bonchev–Trinajstić information content (AvgIpc) is 3.33. The van der Waals surface area contributed by atoms with Gasteiger partial charge in [-0.15, -0.1) is 0 Å². The van der Waals surface area contributed by atoms with Gasteiger partial charge in [-0.25, -0.2) is 0 Å². The molecule has 26 heavy (non-hydrogen) atoms. The smallest absolute Gasteiger partial charge is 0.261 e. The Balaban J connectivity index is 1.85. The van der Waals surface area contributed by atoms with E-state index >= 15 is 0 Å². The van der Waals surface area contributed by atoms with Crippen molar-refractivity contribution in [3.05, 3.63) is 60.7 Å². The fourth-order valence-electron chi connectivity index (χ4n) is 5.07. The Morgan fingerprint density at radius 1 is 0.923 bits per heavy atom. The number of hydrogen-bond donors (Lipinski definition) is 1. The molecule has 2 unspecified atom stereocenters. The second-order valence-electron chi connectivity index (χ2n) is 9.08. The number of fused-ring (bicyclic) bond motifs is 1. The lowest BCUT2D eigenvalue weighted by Crippen LogP contribution is -2.68. The molecule has 3 heteroatoms. The quantitative estimate of drug-likeness (QED) is 0.820. The Labute approximate surface area is 158 Å². The topological polar surface area (TPSA) is 29.5 Å². The molecule has 138 valence electrons. The fourth-order valence-corrected chi connectivity index (χ4v) is 9.86. The van der Waals surface area contributed by atoms with Gasteiger partial charge in [0.25, 0.3) is 8.32 Å². The van der Waals surface area contributed by atoms with Gasteiger partial charge >= 0.3 is 0 Å². The third-order valence-corrected chi connectivity index (χ3v) is 11.5. The zero-order chi connectivity index (χ0) is 18.4. The molecular weight excluding hydrogens is 336 g/mol. The zero-order valence-corrected chi connectivity index (χ0v) is 17.1. The Morgan fingerprint density at radius 3 is 1.92 bits per heavy atom. The van der Waals surface area contributed by atoms with Gasteiger partial charge in [-0.2, -0.15) is 0 Å². The van der Waals surface area contributed by atoms with E-state index in [0.29, 0.717) is 11.8 Å². The van der Waals surface area contributed by atoms with Crippen LogP contribution in [0.15, 0.2) is 60.7 Å². The van der Waals surface area contributed by atoms with Crippen LogP contribution < -0.4 is 10.4 Å². The predicted molar refractivity (Wildman–Crippen MR) is 109 cm³/mol. The van der Waals surface area contributed by atoms with E-state index in [4.69, 9.17) is 4.43 Å². The molecule has 2 aromatic carbocycles. The minimum atomic E-state index is -2.50. The molecule has 0 aliphatic heterocycles. The SMILES string of the molecule is CC(C)(C)[Si](O[C@H]1C2CC2C[C@H]1CO)(c1ccccc1)c1ccccc1. The van der Waals surface area contributed by atoms with Crippen molar-refractivity contribution in [2.75, 3.05) is 6.61 Å². The van der Waals surface area contributed by atoms with E-state index in [1.807, 2.05) is 0 Å². The molecule has 2 nitrogen and oxygen atoms in total. The van der Waals surface area contributed by atoms with Gasteiger partial charge in [-0.1, -0.05) is 81.4 Å². The maximum absolute atomic E-state index is 9.95. The van der Waals surface area contributed by atoms with E-state index < -0.39 is 8.32 Å². The highest BCUT2D eigenvalue weighted by atomic mass is 28.4. The molecule has 4 rings (SSSR count). The first-order valence-corrected chi connectivity index (χ1v) is 11.8. The van der Waals surface area contributed by atoms with Gasteiger partial charge in [0.1, 0.15) is 0 Å². The summed E-state index contributed by atoms with van der Waals surface area (Å²) in [6.07, 6.45) is 2.60. The lowest BCUT2D eigenvalue weighted by atomic mass is 10.0. The van der Waals surface area contributed by atoms with Crippen molar-refractivity contribution in [1.29, 1.82) is 0 Å². The lowest BCUT2D eigenvalue weighted by molar-refractivity contribution is 0.0819. The van der Waals surface area contributed by atoms with Crippen LogP contribution in [0.4, 0.5) is 0 Å². The van der Waals surface area contributed by atoms with E-state index in [-0.39, 0.29) is 17.7 Å². The Bertz CT molecular complexity index is 698. The third kappa shape index (κ3) is 2.86. The summed E-state index contributed by atoms with van der Waals surface area (Å²) in [7, 11) is -2.50. The van der Waals surface area contributed by atoms with Crippen LogP contribution in [-0.4, -0.2) is 26.1 Å². The van der Waals surface area contributed by atoms with Gasteiger partial charge < -0.3 is 9.53 Å². The molecule has 0 saturated heterocycles. The van der Waals surface area contributed by atoms with Crippen LogP contribution in [0.2, 0.25) is 5.04 Å². The summed E-state index contributed by atoms with van der Waals surface area (Å²) in [4.78, 5) is 0. The fraction of sp³-hybridized carbons (Fsp3) is 0.478. The van der Waals surface area contributed by atoms with Crippen molar-refractivity contribution in [3.8, 4) is 0 Å². The van der Waals surface area contributed by atoms with Crippen molar-refractivity contribution < 1.29 is 9.53 Å². The second-order valence-corrected chi connectivity index (χ2v) is 13.3. The average molecular weight is 367 g/mol. The van der Waals surface area contributed by atoms with Crippen LogP contribution in [0, 0.1) is 17.8 Å². The van der Waals surface area contributed by atoms with Crippen LogP contribution in [0.25, 0.3) is 0 Å². The first-order chi connectivity index (χ1) is 12.5. The minimum absolute atomic E-state index is 0.00267. The Hall–Kier alpha value is -1.42. The summed E-state index contributed by atoms with van der Waals surface area (Å²) in [5, 5.41) is 12.6. The van der Waals surface area contributed by atoms with Crippen molar-refractivity contribution in [2.24, 2.45) is 17.8 Å². The van der Waals surface area contributed by atoms with Gasteiger partial charge in [-0.05, 0) is 40.1 Å². The van der Waals surface area contributed by atoms with Gasteiger partial charge in [0.15, 0.2) is 0 Å². The lowest BCUT2D eigenvalue weighted by Gasteiger charge is -2.46. The molecular formula is C23H30O2Si. The maximum Gasteiger partial charge on any atom is 0.261 e. The van der Waals surface area contributed by atoms with Crippen LogP contribution in [0.5, 0.6) is 0 Å². The molecule has 0 radical (unpaired) electrons. The summed E-state index contributed by atoms with van der Waals surface area (Å²) in [6, 6.07) is 21.7.